The number of carboxylic acids is 1. The molecule has 2 aromatic rings. The second-order valence-corrected chi connectivity index (χ2v) is 8.71. The third-order valence-electron chi connectivity index (χ3n) is 6.01. The quantitative estimate of drug-likeness (QED) is 0.597. The van der Waals surface area contributed by atoms with Crippen LogP contribution in [0, 0.1) is 11.8 Å². The molecule has 2 N–H and O–H groups in total. The van der Waals surface area contributed by atoms with Crippen molar-refractivity contribution >= 4 is 17.7 Å². The van der Waals surface area contributed by atoms with Crippen LogP contribution in [0.3, 0.4) is 0 Å². The SMILES string of the molecule is CN(C(=O)NCC1CC1)c1cc(-c2ccccc2)ccc1CC(OCC1CC1)C(=O)O. The van der Waals surface area contributed by atoms with E-state index in [1.54, 1.807) is 11.9 Å². The molecule has 6 nitrogen and oxygen atoms in total. The first-order valence-corrected chi connectivity index (χ1v) is 11.1. The molecule has 164 valence electrons. The number of hydrogen-bond donors (Lipinski definition) is 2. The van der Waals surface area contributed by atoms with Crippen molar-refractivity contribution in [3.8, 4) is 11.1 Å². The van der Waals surface area contributed by atoms with Crippen LogP contribution in [0.25, 0.3) is 11.1 Å². The predicted octanol–water partition coefficient (Wildman–Crippen LogP) is 4.33. The molecule has 31 heavy (non-hydrogen) atoms. The molecule has 4 rings (SSSR count). The lowest BCUT2D eigenvalue weighted by Gasteiger charge is -2.24. The standard InChI is InChI=1S/C25H30N2O4/c1-27(25(30)26-15-17-7-8-17)22-13-20(19-5-3-2-4-6-19)11-12-21(22)14-23(24(28)29)31-16-18-9-10-18/h2-6,11-13,17-18,23H,7-10,14-16H2,1H3,(H,26,30)(H,28,29). The van der Waals surface area contributed by atoms with Gasteiger partial charge in [-0.05, 0) is 60.3 Å². The minimum atomic E-state index is -0.973. The molecule has 2 saturated carbocycles. The van der Waals surface area contributed by atoms with Crippen LogP contribution in [-0.4, -0.2) is 43.4 Å². The maximum absolute atomic E-state index is 12.8. The number of ether oxygens (including phenoxy) is 1. The van der Waals surface area contributed by atoms with Crippen LogP contribution in [-0.2, 0) is 16.0 Å². The summed E-state index contributed by atoms with van der Waals surface area (Å²) in [5.41, 5.74) is 3.51. The van der Waals surface area contributed by atoms with E-state index in [1.165, 1.54) is 0 Å². The molecule has 2 fully saturated rings. The van der Waals surface area contributed by atoms with Gasteiger partial charge in [-0.2, -0.15) is 0 Å². The maximum atomic E-state index is 12.8. The number of rotatable bonds is 10. The number of carbonyl (C=O) groups excluding carboxylic acids is 1. The van der Waals surface area contributed by atoms with E-state index >= 15 is 0 Å². The first-order chi connectivity index (χ1) is 15.0. The van der Waals surface area contributed by atoms with Gasteiger partial charge in [0.1, 0.15) is 0 Å². The zero-order valence-electron chi connectivity index (χ0n) is 17.9. The molecule has 0 bridgehead atoms. The lowest BCUT2D eigenvalue weighted by atomic mass is 9.98. The number of hydrogen-bond acceptors (Lipinski definition) is 3. The molecule has 2 aliphatic rings. The van der Waals surface area contributed by atoms with Crippen LogP contribution in [0.1, 0.15) is 31.2 Å². The maximum Gasteiger partial charge on any atom is 0.333 e. The van der Waals surface area contributed by atoms with Crippen LogP contribution in [0.4, 0.5) is 10.5 Å². The van der Waals surface area contributed by atoms with E-state index in [4.69, 9.17) is 4.74 Å². The molecule has 2 aliphatic carbocycles. The lowest BCUT2D eigenvalue weighted by Crippen LogP contribution is -2.39. The number of urea groups is 1. The van der Waals surface area contributed by atoms with Gasteiger partial charge in [-0.3, -0.25) is 4.90 Å². The molecule has 2 amide bonds. The zero-order chi connectivity index (χ0) is 21.8. The number of aliphatic carboxylic acids is 1. The van der Waals surface area contributed by atoms with Crippen molar-refractivity contribution < 1.29 is 19.4 Å². The molecule has 1 unspecified atom stereocenters. The number of carbonyl (C=O) groups is 2. The molecule has 0 aromatic heterocycles. The molecule has 0 spiro atoms. The van der Waals surface area contributed by atoms with Crippen LogP contribution in [0.5, 0.6) is 0 Å². The van der Waals surface area contributed by atoms with Gasteiger partial charge in [-0.25, -0.2) is 9.59 Å². The Morgan fingerprint density at radius 2 is 1.77 bits per heavy atom. The van der Waals surface area contributed by atoms with Crippen molar-refractivity contribution in [2.45, 2.75) is 38.2 Å². The summed E-state index contributed by atoms with van der Waals surface area (Å²) in [6, 6.07) is 15.6. The van der Waals surface area contributed by atoms with Gasteiger partial charge < -0.3 is 15.2 Å². The first kappa shape index (κ1) is 21.4. The van der Waals surface area contributed by atoms with E-state index in [2.05, 4.69) is 5.32 Å². The second-order valence-electron chi connectivity index (χ2n) is 8.71. The van der Waals surface area contributed by atoms with Crippen molar-refractivity contribution in [2.75, 3.05) is 25.1 Å². The number of carboxylic acid groups (broad SMARTS) is 1. The number of anilines is 1. The Balaban J connectivity index is 1.58. The Morgan fingerprint density at radius 3 is 2.42 bits per heavy atom. The largest absolute Gasteiger partial charge is 0.479 e. The van der Waals surface area contributed by atoms with E-state index in [0.717, 1.165) is 42.4 Å². The Hall–Kier alpha value is -2.86. The number of nitrogens with zero attached hydrogens (tertiary/aromatic N) is 1. The van der Waals surface area contributed by atoms with Crippen molar-refractivity contribution in [1.82, 2.24) is 5.32 Å². The van der Waals surface area contributed by atoms with Crippen LogP contribution in [0.2, 0.25) is 0 Å². The summed E-state index contributed by atoms with van der Waals surface area (Å²) in [5.74, 6) is 0.0944. The summed E-state index contributed by atoms with van der Waals surface area (Å²) in [7, 11) is 1.73. The number of benzene rings is 2. The fourth-order valence-electron chi connectivity index (χ4n) is 3.59. The Bertz CT molecular complexity index is 922. The Morgan fingerprint density at radius 1 is 1.06 bits per heavy atom. The summed E-state index contributed by atoms with van der Waals surface area (Å²) in [6.45, 7) is 1.16. The van der Waals surface area contributed by atoms with Gasteiger partial charge in [0.05, 0.1) is 6.61 Å². The van der Waals surface area contributed by atoms with E-state index in [9.17, 15) is 14.7 Å². The average Bonchev–Trinajstić information content (AvgIpc) is 3.70. The molecule has 0 saturated heterocycles. The molecule has 0 radical (unpaired) electrons. The minimum absolute atomic E-state index is 0.177. The Labute approximate surface area is 183 Å². The molecule has 0 heterocycles. The highest BCUT2D eigenvalue weighted by Crippen LogP contribution is 2.32. The average molecular weight is 423 g/mol. The van der Waals surface area contributed by atoms with Crippen molar-refractivity contribution in [3.05, 3.63) is 54.1 Å². The van der Waals surface area contributed by atoms with E-state index < -0.39 is 12.1 Å². The topological polar surface area (TPSA) is 78.9 Å². The summed E-state index contributed by atoms with van der Waals surface area (Å²) < 4.78 is 5.71. The van der Waals surface area contributed by atoms with Crippen LogP contribution >= 0.6 is 0 Å². The van der Waals surface area contributed by atoms with Gasteiger partial charge in [0.15, 0.2) is 6.10 Å². The van der Waals surface area contributed by atoms with Gasteiger partial charge >= 0.3 is 12.0 Å². The molecular weight excluding hydrogens is 392 g/mol. The molecule has 6 heteroatoms. The summed E-state index contributed by atoms with van der Waals surface area (Å²) in [4.78, 5) is 26.2. The third-order valence-corrected chi connectivity index (χ3v) is 6.01. The minimum Gasteiger partial charge on any atom is -0.479 e. The monoisotopic (exact) mass is 422 g/mol. The highest BCUT2D eigenvalue weighted by molar-refractivity contribution is 5.93. The van der Waals surface area contributed by atoms with Crippen molar-refractivity contribution in [2.24, 2.45) is 11.8 Å². The molecule has 1 atom stereocenters. The summed E-state index contributed by atoms with van der Waals surface area (Å²) >= 11 is 0. The van der Waals surface area contributed by atoms with Gasteiger partial charge in [-0.15, -0.1) is 0 Å². The lowest BCUT2D eigenvalue weighted by molar-refractivity contribution is -0.150. The fraction of sp³-hybridized carbons (Fsp3) is 0.440. The third kappa shape index (κ3) is 5.85. The first-order valence-electron chi connectivity index (χ1n) is 11.1. The van der Waals surface area contributed by atoms with Gasteiger partial charge in [0.25, 0.3) is 0 Å². The molecule has 0 aliphatic heterocycles. The highest BCUT2D eigenvalue weighted by atomic mass is 16.5. The van der Waals surface area contributed by atoms with Crippen molar-refractivity contribution in [3.63, 3.8) is 0 Å². The summed E-state index contributed by atoms with van der Waals surface area (Å²) in [6.07, 6.45) is 3.83. The zero-order valence-corrected chi connectivity index (χ0v) is 17.9. The molecule has 2 aromatic carbocycles. The highest BCUT2D eigenvalue weighted by Gasteiger charge is 2.28. The van der Waals surface area contributed by atoms with E-state index in [-0.39, 0.29) is 12.5 Å². The molecular formula is C25H30N2O4. The van der Waals surface area contributed by atoms with E-state index in [0.29, 0.717) is 30.7 Å². The van der Waals surface area contributed by atoms with E-state index in [1.807, 2.05) is 48.5 Å². The fourth-order valence-corrected chi connectivity index (χ4v) is 3.59. The van der Waals surface area contributed by atoms with Crippen LogP contribution < -0.4 is 10.2 Å². The predicted molar refractivity (Wildman–Crippen MR) is 120 cm³/mol. The van der Waals surface area contributed by atoms with Crippen LogP contribution in [0.15, 0.2) is 48.5 Å². The van der Waals surface area contributed by atoms with Crippen molar-refractivity contribution in [1.29, 1.82) is 0 Å². The number of amides is 2. The van der Waals surface area contributed by atoms with Gasteiger partial charge in [0, 0.05) is 25.7 Å². The Kier molecular flexibility index (Phi) is 6.56. The number of nitrogens with one attached hydrogen (secondary N) is 1. The van der Waals surface area contributed by atoms with Gasteiger partial charge in [-0.1, -0.05) is 42.5 Å². The smallest absolute Gasteiger partial charge is 0.333 e. The normalized spacial score (nSPS) is 16.5. The summed E-state index contributed by atoms with van der Waals surface area (Å²) in [5, 5.41) is 12.7. The van der Waals surface area contributed by atoms with Gasteiger partial charge in [0.2, 0.25) is 0 Å². The second kappa shape index (κ2) is 9.52.